The number of hydrogen-bond acceptors (Lipinski definition) is 3. The van der Waals surface area contributed by atoms with Crippen molar-refractivity contribution in [3.8, 4) is 5.75 Å². The van der Waals surface area contributed by atoms with E-state index in [9.17, 15) is 4.79 Å². The highest BCUT2D eigenvalue weighted by molar-refractivity contribution is 5.97. The Balaban J connectivity index is 2.09. The Hall–Kier alpha value is -2.56. The van der Waals surface area contributed by atoms with Gasteiger partial charge in [0.2, 0.25) is 0 Å². The van der Waals surface area contributed by atoms with Gasteiger partial charge in [-0.05, 0) is 36.8 Å². The summed E-state index contributed by atoms with van der Waals surface area (Å²) in [5, 5.41) is 3.95. The molecule has 0 aliphatic heterocycles. The summed E-state index contributed by atoms with van der Waals surface area (Å²) in [5.41, 5.74) is 4.89. The molecular formula is C15H17N3O2. The van der Waals surface area contributed by atoms with Gasteiger partial charge >= 0.3 is 0 Å². The molecule has 1 aromatic carbocycles. The second-order valence-corrected chi connectivity index (χ2v) is 4.45. The molecule has 0 saturated carbocycles. The van der Waals surface area contributed by atoms with E-state index in [2.05, 4.69) is 10.5 Å². The molecule has 0 atom stereocenters. The van der Waals surface area contributed by atoms with E-state index < -0.39 is 0 Å². The van der Waals surface area contributed by atoms with Crippen molar-refractivity contribution in [2.75, 3.05) is 7.11 Å². The van der Waals surface area contributed by atoms with E-state index in [1.807, 2.05) is 49.0 Å². The lowest BCUT2D eigenvalue weighted by Crippen LogP contribution is -2.18. The lowest BCUT2D eigenvalue weighted by molar-refractivity contribution is 0.0952. The van der Waals surface area contributed by atoms with Crippen molar-refractivity contribution in [2.45, 2.75) is 6.92 Å². The Bertz CT molecular complexity index is 644. The largest absolute Gasteiger partial charge is 0.496 e. The van der Waals surface area contributed by atoms with Crippen LogP contribution in [0.3, 0.4) is 0 Å². The number of ether oxygens (including phenoxy) is 1. The third-order valence-corrected chi connectivity index (χ3v) is 2.95. The maximum absolute atomic E-state index is 12.0. The maximum atomic E-state index is 12.0. The molecule has 5 heteroatoms. The van der Waals surface area contributed by atoms with Gasteiger partial charge < -0.3 is 9.30 Å². The summed E-state index contributed by atoms with van der Waals surface area (Å²) in [7, 11) is 3.45. The van der Waals surface area contributed by atoms with Gasteiger partial charge in [0, 0.05) is 13.2 Å². The number of aryl methyl sites for hydroxylation is 2. The molecule has 1 aromatic heterocycles. The summed E-state index contributed by atoms with van der Waals surface area (Å²) < 4.78 is 7.11. The van der Waals surface area contributed by atoms with Crippen molar-refractivity contribution in [3.05, 3.63) is 53.3 Å². The third kappa shape index (κ3) is 3.06. The third-order valence-electron chi connectivity index (χ3n) is 2.95. The van der Waals surface area contributed by atoms with E-state index in [4.69, 9.17) is 4.74 Å². The lowest BCUT2D eigenvalue weighted by atomic mass is 10.1. The number of carbonyl (C=O) groups is 1. The number of nitrogens with zero attached hydrogens (tertiary/aromatic N) is 2. The average molecular weight is 271 g/mol. The first-order chi connectivity index (χ1) is 9.61. The van der Waals surface area contributed by atoms with Gasteiger partial charge in [0.05, 0.1) is 24.6 Å². The zero-order chi connectivity index (χ0) is 14.5. The molecule has 5 nitrogen and oxygen atoms in total. The van der Waals surface area contributed by atoms with Crippen LogP contribution in [0.25, 0.3) is 0 Å². The Morgan fingerprint density at radius 1 is 1.40 bits per heavy atom. The normalized spacial score (nSPS) is 10.8. The molecule has 104 valence electrons. The number of hydrazone groups is 1. The summed E-state index contributed by atoms with van der Waals surface area (Å²) >= 11 is 0. The van der Waals surface area contributed by atoms with Crippen LogP contribution in [0.2, 0.25) is 0 Å². The van der Waals surface area contributed by atoms with Crippen LogP contribution in [0.1, 0.15) is 21.6 Å². The number of aromatic nitrogens is 1. The molecule has 2 rings (SSSR count). The van der Waals surface area contributed by atoms with Gasteiger partial charge in [-0.15, -0.1) is 0 Å². The SMILES string of the molecule is COc1cc(C)ccc1C(=O)N/N=C\c1cccn1C. The number of carbonyl (C=O) groups excluding carboxylic acids is 1. The second kappa shape index (κ2) is 6.06. The fraction of sp³-hybridized carbons (Fsp3) is 0.200. The van der Waals surface area contributed by atoms with Crippen molar-refractivity contribution in [1.82, 2.24) is 9.99 Å². The van der Waals surface area contributed by atoms with Gasteiger partial charge in [0.1, 0.15) is 5.75 Å². The number of amides is 1. The molecular weight excluding hydrogens is 254 g/mol. The van der Waals surface area contributed by atoms with Crippen LogP contribution in [0, 0.1) is 6.92 Å². The van der Waals surface area contributed by atoms with Crippen molar-refractivity contribution >= 4 is 12.1 Å². The molecule has 1 amide bonds. The first-order valence-corrected chi connectivity index (χ1v) is 6.21. The first kappa shape index (κ1) is 13.9. The second-order valence-electron chi connectivity index (χ2n) is 4.45. The summed E-state index contributed by atoms with van der Waals surface area (Å²) in [4.78, 5) is 12.0. The standard InChI is InChI=1S/C15H17N3O2/c1-11-6-7-13(14(9-11)20-3)15(19)17-16-10-12-5-4-8-18(12)2/h4-10H,1-3H3,(H,17,19)/b16-10-. The molecule has 20 heavy (non-hydrogen) atoms. The van der Waals surface area contributed by atoms with Gasteiger partial charge in [0.25, 0.3) is 5.91 Å². The van der Waals surface area contributed by atoms with Crippen molar-refractivity contribution in [1.29, 1.82) is 0 Å². The highest BCUT2D eigenvalue weighted by Gasteiger charge is 2.11. The van der Waals surface area contributed by atoms with Crippen molar-refractivity contribution < 1.29 is 9.53 Å². The van der Waals surface area contributed by atoms with E-state index in [0.717, 1.165) is 11.3 Å². The number of methoxy groups -OCH3 is 1. The van der Waals surface area contributed by atoms with E-state index in [1.165, 1.54) is 0 Å². The molecule has 0 bridgehead atoms. The van der Waals surface area contributed by atoms with Crippen molar-refractivity contribution in [3.63, 3.8) is 0 Å². The summed E-state index contributed by atoms with van der Waals surface area (Å²) in [5.74, 6) is 0.240. The van der Waals surface area contributed by atoms with Crippen LogP contribution in [0.5, 0.6) is 5.75 Å². The van der Waals surface area contributed by atoms with Crippen LogP contribution >= 0.6 is 0 Å². The molecule has 0 unspecified atom stereocenters. The maximum Gasteiger partial charge on any atom is 0.275 e. The predicted molar refractivity (Wildman–Crippen MR) is 78.2 cm³/mol. The molecule has 1 N–H and O–H groups in total. The smallest absolute Gasteiger partial charge is 0.275 e. The van der Waals surface area contributed by atoms with Gasteiger partial charge in [-0.3, -0.25) is 4.79 Å². The lowest BCUT2D eigenvalue weighted by Gasteiger charge is -2.07. The minimum absolute atomic E-state index is 0.299. The molecule has 0 saturated heterocycles. The molecule has 0 spiro atoms. The van der Waals surface area contributed by atoms with E-state index in [0.29, 0.717) is 11.3 Å². The summed E-state index contributed by atoms with van der Waals surface area (Å²) in [6.07, 6.45) is 3.50. The molecule has 0 radical (unpaired) electrons. The minimum atomic E-state index is -0.299. The van der Waals surface area contributed by atoms with Gasteiger partial charge in [0.15, 0.2) is 0 Å². The zero-order valence-corrected chi connectivity index (χ0v) is 11.8. The van der Waals surface area contributed by atoms with Crippen LogP contribution in [0.15, 0.2) is 41.6 Å². The molecule has 0 fully saturated rings. The Labute approximate surface area is 117 Å². The van der Waals surface area contributed by atoms with Crippen LogP contribution in [0.4, 0.5) is 0 Å². The highest BCUT2D eigenvalue weighted by atomic mass is 16.5. The van der Waals surface area contributed by atoms with Crippen LogP contribution in [-0.2, 0) is 7.05 Å². The molecule has 0 aliphatic rings. The molecule has 0 aliphatic carbocycles. The average Bonchev–Trinajstić information content (AvgIpc) is 2.84. The summed E-state index contributed by atoms with van der Waals surface area (Å²) in [6.45, 7) is 1.94. The van der Waals surface area contributed by atoms with Crippen LogP contribution in [-0.4, -0.2) is 23.8 Å². The Morgan fingerprint density at radius 3 is 2.85 bits per heavy atom. The number of hydrogen-bond donors (Lipinski definition) is 1. The van der Waals surface area contributed by atoms with Gasteiger partial charge in [-0.2, -0.15) is 5.10 Å². The molecule has 2 aromatic rings. The Kier molecular flexibility index (Phi) is 4.20. The highest BCUT2D eigenvalue weighted by Crippen LogP contribution is 2.19. The monoisotopic (exact) mass is 271 g/mol. The topological polar surface area (TPSA) is 55.6 Å². The fourth-order valence-corrected chi connectivity index (χ4v) is 1.81. The van der Waals surface area contributed by atoms with E-state index in [-0.39, 0.29) is 5.91 Å². The quantitative estimate of drug-likeness (QED) is 0.684. The molecule has 1 heterocycles. The number of nitrogens with one attached hydrogen (secondary N) is 1. The minimum Gasteiger partial charge on any atom is -0.496 e. The fourth-order valence-electron chi connectivity index (χ4n) is 1.81. The van der Waals surface area contributed by atoms with E-state index in [1.54, 1.807) is 19.4 Å². The summed E-state index contributed by atoms with van der Waals surface area (Å²) in [6, 6.07) is 9.21. The Morgan fingerprint density at radius 2 is 2.20 bits per heavy atom. The van der Waals surface area contributed by atoms with Gasteiger partial charge in [-0.1, -0.05) is 6.07 Å². The zero-order valence-electron chi connectivity index (χ0n) is 11.8. The van der Waals surface area contributed by atoms with Crippen LogP contribution < -0.4 is 10.2 Å². The predicted octanol–water partition coefficient (Wildman–Crippen LogP) is 2.11. The number of rotatable bonds is 4. The first-order valence-electron chi connectivity index (χ1n) is 6.21. The van der Waals surface area contributed by atoms with Crippen molar-refractivity contribution in [2.24, 2.45) is 12.1 Å². The number of benzene rings is 1. The van der Waals surface area contributed by atoms with Gasteiger partial charge in [-0.25, -0.2) is 5.43 Å². The van der Waals surface area contributed by atoms with E-state index >= 15 is 0 Å².